The molecule has 1 aromatic heterocycles. The van der Waals surface area contributed by atoms with Crippen LogP contribution in [0.15, 0.2) is 23.4 Å². The van der Waals surface area contributed by atoms with Gasteiger partial charge in [0.15, 0.2) is 18.2 Å². The number of hydrogen-bond acceptors (Lipinski definition) is 4. The van der Waals surface area contributed by atoms with E-state index in [4.69, 9.17) is 10.8 Å². The van der Waals surface area contributed by atoms with E-state index in [1.807, 2.05) is 0 Å². The Balaban J connectivity index is 3.00. The van der Waals surface area contributed by atoms with Gasteiger partial charge in [-0.25, -0.2) is 4.79 Å². The van der Waals surface area contributed by atoms with Crippen molar-refractivity contribution in [3.05, 3.63) is 24.0 Å². The number of nitrogens with zero attached hydrogens (tertiary/aromatic N) is 1. The highest BCUT2D eigenvalue weighted by Gasteiger charge is 2.13. The van der Waals surface area contributed by atoms with E-state index in [0.717, 1.165) is 10.6 Å². The lowest BCUT2D eigenvalue weighted by molar-refractivity contribution is -0.687. The van der Waals surface area contributed by atoms with Crippen molar-refractivity contribution in [2.75, 3.05) is 12.3 Å². The largest absolute Gasteiger partial charge is 0.477 e. The quantitative estimate of drug-likeness (QED) is 0.434. The van der Waals surface area contributed by atoms with Crippen molar-refractivity contribution in [3.63, 3.8) is 0 Å². The molecule has 92 valence electrons. The molecule has 1 heterocycles. The van der Waals surface area contributed by atoms with E-state index < -0.39 is 5.97 Å². The van der Waals surface area contributed by atoms with E-state index >= 15 is 0 Å². The maximum absolute atomic E-state index is 11.3. The Hall–Kier alpha value is -1.40. The van der Waals surface area contributed by atoms with Crippen LogP contribution in [0, 0.1) is 0 Å². The molecule has 5 nitrogen and oxygen atoms in total. The van der Waals surface area contributed by atoms with Crippen LogP contribution in [0.4, 0.5) is 0 Å². The number of aromatic nitrogens is 1. The molecular weight excluding hydrogens is 240 g/mol. The summed E-state index contributed by atoms with van der Waals surface area (Å²) in [6.07, 6.45) is 3.25. The number of carbonyl (C=O) groups excluding carboxylic acids is 1. The predicted molar refractivity (Wildman–Crippen MR) is 64.1 cm³/mol. The Morgan fingerprint density at radius 1 is 1.47 bits per heavy atom. The number of ketones is 1. The van der Waals surface area contributed by atoms with Crippen LogP contribution in [-0.2, 0) is 11.3 Å². The minimum Gasteiger partial charge on any atom is -0.477 e. The number of carboxylic acids is 1. The van der Waals surface area contributed by atoms with Gasteiger partial charge in [0.05, 0.1) is 10.5 Å². The van der Waals surface area contributed by atoms with E-state index in [-0.39, 0.29) is 12.3 Å². The Kier molecular flexibility index (Phi) is 5.11. The number of aliphatic carboxylic acids is 1. The molecule has 0 aliphatic carbocycles. The molecule has 0 saturated carbocycles. The molecule has 0 aliphatic heterocycles. The summed E-state index contributed by atoms with van der Waals surface area (Å²) in [5.41, 5.74) is 5.91. The second kappa shape index (κ2) is 6.36. The molecular formula is C11H15N2O3S+. The first-order valence-corrected chi connectivity index (χ1v) is 6.11. The number of thioether (sulfide) groups is 1. The summed E-state index contributed by atoms with van der Waals surface area (Å²) in [6.45, 7) is 1.84. The lowest BCUT2D eigenvalue weighted by atomic mass is 10.2. The van der Waals surface area contributed by atoms with Crippen molar-refractivity contribution in [3.8, 4) is 0 Å². The number of rotatable bonds is 6. The second-order valence-corrected chi connectivity index (χ2v) is 4.69. The first-order chi connectivity index (χ1) is 8.02. The van der Waals surface area contributed by atoms with Gasteiger partial charge >= 0.3 is 5.97 Å². The van der Waals surface area contributed by atoms with Gasteiger partial charge in [-0.15, -0.1) is 11.8 Å². The normalized spacial score (nSPS) is 10.2. The first-order valence-electron chi connectivity index (χ1n) is 5.12. The van der Waals surface area contributed by atoms with Gasteiger partial charge in [0, 0.05) is 12.3 Å². The fourth-order valence-electron chi connectivity index (χ4n) is 1.30. The highest BCUT2D eigenvalue weighted by atomic mass is 32.2. The molecule has 3 N–H and O–H groups in total. The maximum atomic E-state index is 11.3. The Morgan fingerprint density at radius 2 is 2.18 bits per heavy atom. The molecule has 1 rings (SSSR count). The van der Waals surface area contributed by atoms with Crippen molar-refractivity contribution in [2.24, 2.45) is 5.73 Å². The van der Waals surface area contributed by atoms with Crippen LogP contribution in [0.25, 0.3) is 0 Å². The zero-order valence-corrected chi connectivity index (χ0v) is 10.4. The van der Waals surface area contributed by atoms with Crippen LogP contribution in [0.2, 0.25) is 0 Å². The summed E-state index contributed by atoms with van der Waals surface area (Å²) in [4.78, 5) is 22.8. The summed E-state index contributed by atoms with van der Waals surface area (Å²) in [5, 5.41) is 8.73. The number of nitrogens with two attached hydrogens (primary N) is 1. The van der Waals surface area contributed by atoms with Gasteiger partial charge in [-0.05, 0) is 13.0 Å². The van der Waals surface area contributed by atoms with E-state index in [1.54, 1.807) is 18.5 Å². The van der Waals surface area contributed by atoms with Crippen molar-refractivity contribution >= 4 is 23.5 Å². The van der Waals surface area contributed by atoms with Gasteiger partial charge in [0.25, 0.3) is 0 Å². The summed E-state index contributed by atoms with van der Waals surface area (Å²) in [5.74, 6) is -0.293. The lowest BCUT2D eigenvalue weighted by Gasteiger charge is -2.01. The van der Waals surface area contributed by atoms with Gasteiger partial charge in [0.1, 0.15) is 0 Å². The summed E-state index contributed by atoms with van der Waals surface area (Å²) in [6, 6.07) is 1.75. The van der Waals surface area contributed by atoms with E-state index in [1.165, 1.54) is 23.3 Å². The summed E-state index contributed by atoms with van der Waals surface area (Å²) in [7, 11) is 0. The molecule has 0 bridgehead atoms. The smallest absolute Gasteiger partial charge is 0.370 e. The molecule has 1 aromatic rings. The molecule has 0 unspecified atom stereocenters. The van der Waals surface area contributed by atoms with Crippen molar-refractivity contribution in [1.82, 2.24) is 0 Å². The first kappa shape index (κ1) is 13.7. The Morgan fingerprint density at radius 3 is 2.71 bits per heavy atom. The molecule has 0 aromatic carbocycles. The van der Waals surface area contributed by atoms with E-state index in [2.05, 4.69) is 0 Å². The zero-order chi connectivity index (χ0) is 12.8. The van der Waals surface area contributed by atoms with Crippen LogP contribution < -0.4 is 10.3 Å². The van der Waals surface area contributed by atoms with Gasteiger partial charge in [-0.3, -0.25) is 4.79 Å². The lowest BCUT2D eigenvalue weighted by Crippen LogP contribution is -2.38. The maximum Gasteiger partial charge on any atom is 0.370 e. The average molecular weight is 255 g/mol. The monoisotopic (exact) mass is 255 g/mol. The molecule has 0 fully saturated rings. The second-order valence-electron chi connectivity index (χ2n) is 3.52. The van der Waals surface area contributed by atoms with Crippen LogP contribution >= 0.6 is 11.8 Å². The molecule has 0 aliphatic rings. The highest BCUT2D eigenvalue weighted by molar-refractivity contribution is 7.99. The molecule has 0 radical (unpaired) electrons. The summed E-state index contributed by atoms with van der Waals surface area (Å²) < 4.78 is 1.50. The van der Waals surface area contributed by atoms with Crippen molar-refractivity contribution < 1.29 is 19.3 Å². The van der Waals surface area contributed by atoms with Crippen molar-refractivity contribution in [2.45, 2.75) is 18.4 Å². The summed E-state index contributed by atoms with van der Waals surface area (Å²) >= 11 is 1.50. The van der Waals surface area contributed by atoms with Crippen LogP contribution in [0.3, 0.4) is 0 Å². The third-order valence-corrected chi connectivity index (χ3v) is 3.00. The number of carbonyl (C=O) groups is 2. The fourth-order valence-corrected chi connectivity index (χ4v) is 2.08. The molecule has 6 heteroatoms. The number of Topliss-reactive ketones (excluding diaryl/α,β-unsaturated/α-hetero) is 1. The molecule has 0 saturated heterocycles. The molecule has 17 heavy (non-hydrogen) atoms. The van der Waals surface area contributed by atoms with E-state index in [0.29, 0.717) is 12.1 Å². The predicted octanol–water partition coefficient (Wildman–Crippen LogP) is 0.312. The van der Waals surface area contributed by atoms with Crippen LogP contribution in [-0.4, -0.2) is 29.2 Å². The Labute approximate surface area is 104 Å². The van der Waals surface area contributed by atoms with E-state index in [9.17, 15) is 9.59 Å². The minimum atomic E-state index is -0.939. The van der Waals surface area contributed by atoms with Crippen LogP contribution in [0.5, 0.6) is 0 Å². The molecule has 0 spiro atoms. The Bertz CT molecular complexity index is 435. The highest BCUT2D eigenvalue weighted by Crippen LogP contribution is 2.16. The van der Waals surface area contributed by atoms with Gasteiger partial charge in [0.2, 0.25) is 6.54 Å². The average Bonchev–Trinajstić information content (AvgIpc) is 2.25. The number of hydrogen-bond donors (Lipinski definition) is 2. The van der Waals surface area contributed by atoms with Gasteiger partial charge in [-0.1, -0.05) is 0 Å². The van der Waals surface area contributed by atoms with Crippen LogP contribution in [0.1, 0.15) is 17.3 Å². The SMILES string of the molecule is CC(=O)c1cc(SCCN)c[n+](CC(=O)O)c1. The number of pyridine rings is 1. The zero-order valence-electron chi connectivity index (χ0n) is 9.55. The number of carboxylic acid groups (broad SMARTS) is 1. The third-order valence-electron chi connectivity index (χ3n) is 2.01. The fraction of sp³-hybridized carbons (Fsp3) is 0.364. The van der Waals surface area contributed by atoms with Gasteiger partial charge in [-0.2, -0.15) is 4.57 Å². The standard InChI is InChI=1S/C11H14N2O3S/c1-8(14)9-4-10(17-3-2-12)6-13(5-9)7-11(15)16/h4-6H,2-3,7,12H2,1H3/p+1. The third kappa shape index (κ3) is 4.54. The minimum absolute atomic E-state index is 0.0839. The molecule has 0 amide bonds. The van der Waals surface area contributed by atoms with Crippen molar-refractivity contribution in [1.29, 1.82) is 0 Å². The van der Waals surface area contributed by atoms with Gasteiger partial charge < -0.3 is 10.8 Å². The topological polar surface area (TPSA) is 84.3 Å². The molecule has 0 atom stereocenters.